The van der Waals surface area contributed by atoms with Gasteiger partial charge in [0.25, 0.3) is 0 Å². The minimum absolute atomic E-state index is 0.590. The van der Waals surface area contributed by atoms with E-state index >= 15 is 0 Å². The molecule has 4 nitrogen and oxygen atoms in total. The highest BCUT2D eigenvalue weighted by Crippen LogP contribution is 2.40. The van der Waals surface area contributed by atoms with E-state index < -0.39 is 0 Å². The topological polar surface area (TPSA) is 51.6 Å². The molecule has 2 aromatic heterocycles. The molecule has 0 aliphatic heterocycles. The average Bonchev–Trinajstić information content (AvgIpc) is 3.14. The summed E-state index contributed by atoms with van der Waals surface area (Å²) in [5, 5.41) is 9.86. The summed E-state index contributed by atoms with van der Waals surface area (Å²) in [5.74, 6) is 1.86. The minimum Gasteiger partial charge on any atom is -0.255 e. The maximum absolute atomic E-state index is 5.03. The maximum atomic E-state index is 5.03. The summed E-state index contributed by atoms with van der Waals surface area (Å²) in [5.41, 5.74) is 4.72. The van der Waals surface area contributed by atoms with Crippen LogP contribution in [0, 0.1) is 0 Å². The predicted octanol–water partition coefficient (Wildman–Crippen LogP) is 10.5. The molecule has 7 aromatic carbocycles. The van der Waals surface area contributed by atoms with E-state index in [1.165, 1.54) is 43.1 Å². The molecule has 0 N–H and O–H groups in total. The molecule has 46 heavy (non-hydrogen) atoms. The summed E-state index contributed by atoms with van der Waals surface area (Å²) in [4.78, 5) is 19.6. The van der Waals surface area contributed by atoms with Crippen LogP contribution in [-0.2, 0) is 0 Å². The van der Waals surface area contributed by atoms with E-state index in [4.69, 9.17) is 19.9 Å². The van der Waals surface area contributed by atoms with Crippen molar-refractivity contribution in [1.29, 1.82) is 0 Å². The molecule has 0 unspecified atom stereocenters. The van der Waals surface area contributed by atoms with Crippen molar-refractivity contribution in [2.75, 3.05) is 0 Å². The van der Waals surface area contributed by atoms with Gasteiger partial charge in [-0.3, -0.25) is 4.98 Å². The summed E-state index contributed by atoms with van der Waals surface area (Å²) >= 11 is 0. The number of fused-ring (bicyclic) bond motifs is 7. The van der Waals surface area contributed by atoms with Gasteiger partial charge in [0.05, 0.1) is 5.69 Å². The van der Waals surface area contributed by atoms with Crippen LogP contribution >= 0.6 is 0 Å². The van der Waals surface area contributed by atoms with Gasteiger partial charge in [-0.2, -0.15) is 0 Å². The zero-order valence-corrected chi connectivity index (χ0v) is 24.8. The summed E-state index contributed by atoms with van der Waals surface area (Å²) in [6, 6.07) is 52.7. The van der Waals surface area contributed by atoms with Crippen molar-refractivity contribution in [3.05, 3.63) is 158 Å². The standard InChI is InChI=1S/C42H26N4/c1-3-12-29(13-4-1)40-44-41(30-14-5-2-6-15-30)46-42(45-40)31-22-24-38(43-26-31)36-25-37-35(33-17-9-10-18-34(33)36)23-21-28-20-19-27-11-7-8-16-32(27)39(28)37/h1-26H. The number of hydrogen-bond acceptors (Lipinski definition) is 4. The Morgan fingerprint density at radius 2 is 0.891 bits per heavy atom. The Morgan fingerprint density at radius 3 is 1.57 bits per heavy atom. The lowest BCUT2D eigenvalue weighted by Gasteiger charge is -2.14. The Bertz CT molecular complexity index is 2500. The first-order chi connectivity index (χ1) is 22.8. The van der Waals surface area contributed by atoms with Crippen LogP contribution in [0.25, 0.3) is 88.5 Å². The van der Waals surface area contributed by atoms with Crippen LogP contribution in [0.5, 0.6) is 0 Å². The highest BCUT2D eigenvalue weighted by atomic mass is 15.0. The van der Waals surface area contributed by atoms with E-state index in [0.717, 1.165) is 27.9 Å². The number of aromatic nitrogens is 4. The fraction of sp³-hybridized carbons (Fsp3) is 0. The van der Waals surface area contributed by atoms with Crippen molar-refractivity contribution in [2.24, 2.45) is 0 Å². The molecule has 0 saturated heterocycles. The third-order valence-electron chi connectivity index (χ3n) is 8.74. The van der Waals surface area contributed by atoms with E-state index in [9.17, 15) is 0 Å². The fourth-order valence-electron chi connectivity index (χ4n) is 6.52. The molecule has 0 radical (unpaired) electrons. The average molecular weight is 587 g/mol. The van der Waals surface area contributed by atoms with Gasteiger partial charge in [-0.25, -0.2) is 15.0 Å². The van der Waals surface area contributed by atoms with Crippen molar-refractivity contribution in [2.45, 2.75) is 0 Å². The predicted molar refractivity (Wildman–Crippen MR) is 189 cm³/mol. The van der Waals surface area contributed by atoms with Gasteiger partial charge in [0.15, 0.2) is 17.5 Å². The van der Waals surface area contributed by atoms with Crippen LogP contribution in [0.3, 0.4) is 0 Å². The van der Waals surface area contributed by atoms with Crippen LogP contribution in [0.1, 0.15) is 0 Å². The van der Waals surface area contributed by atoms with Gasteiger partial charge < -0.3 is 0 Å². The second kappa shape index (κ2) is 10.7. The van der Waals surface area contributed by atoms with Crippen LogP contribution in [0.4, 0.5) is 0 Å². The zero-order chi connectivity index (χ0) is 30.5. The van der Waals surface area contributed by atoms with Gasteiger partial charge >= 0.3 is 0 Å². The lowest BCUT2D eigenvalue weighted by atomic mass is 9.90. The normalized spacial score (nSPS) is 11.5. The summed E-state index contributed by atoms with van der Waals surface area (Å²) in [6.07, 6.45) is 1.88. The minimum atomic E-state index is 0.590. The van der Waals surface area contributed by atoms with Crippen molar-refractivity contribution in [3.63, 3.8) is 0 Å². The highest BCUT2D eigenvalue weighted by molar-refractivity contribution is 6.26. The van der Waals surface area contributed by atoms with E-state index in [-0.39, 0.29) is 0 Å². The van der Waals surface area contributed by atoms with E-state index in [0.29, 0.717) is 17.5 Å². The second-order valence-corrected chi connectivity index (χ2v) is 11.5. The molecule has 0 saturated carbocycles. The molecule has 4 heteroatoms. The first-order valence-electron chi connectivity index (χ1n) is 15.4. The smallest absolute Gasteiger partial charge is 0.165 e. The molecule has 0 bridgehead atoms. The van der Waals surface area contributed by atoms with Crippen molar-refractivity contribution in [3.8, 4) is 45.4 Å². The highest BCUT2D eigenvalue weighted by Gasteiger charge is 2.15. The number of benzene rings is 7. The lowest BCUT2D eigenvalue weighted by Crippen LogP contribution is -2.00. The van der Waals surface area contributed by atoms with E-state index in [1.54, 1.807) is 0 Å². The molecule has 0 aliphatic carbocycles. The number of nitrogens with zero attached hydrogens (tertiary/aromatic N) is 4. The summed E-state index contributed by atoms with van der Waals surface area (Å²) in [7, 11) is 0. The molecule has 2 heterocycles. The van der Waals surface area contributed by atoms with Crippen LogP contribution in [0.15, 0.2) is 158 Å². The van der Waals surface area contributed by atoms with Crippen LogP contribution < -0.4 is 0 Å². The Labute approximate surface area is 265 Å². The Morgan fingerprint density at radius 1 is 0.348 bits per heavy atom. The summed E-state index contributed by atoms with van der Waals surface area (Å²) in [6.45, 7) is 0. The van der Waals surface area contributed by atoms with Crippen molar-refractivity contribution >= 4 is 43.1 Å². The molecule has 0 atom stereocenters. The molecule has 9 rings (SSSR count). The molecular weight excluding hydrogens is 560 g/mol. The maximum Gasteiger partial charge on any atom is 0.165 e. The Hall–Kier alpha value is -6.26. The van der Waals surface area contributed by atoms with Gasteiger partial charge in [-0.1, -0.05) is 133 Å². The van der Waals surface area contributed by atoms with Gasteiger partial charge in [0.1, 0.15) is 0 Å². The number of pyridine rings is 1. The SMILES string of the molecule is c1ccc(-c2nc(-c3ccccc3)nc(-c3ccc(-c4cc5c(ccc6ccc7ccccc7c65)c5ccccc45)nc3)n2)cc1. The van der Waals surface area contributed by atoms with Crippen molar-refractivity contribution in [1.82, 2.24) is 19.9 Å². The monoisotopic (exact) mass is 586 g/mol. The first-order valence-corrected chi connectivity index (χ1v) is 15.4. The van der Waals surface area contributed by atoms with E-state index in [1.807, 2.05) is 66.9 Å². The Kier molecular flexibility index (Phi) is 6.10. The molecule has 0 amide bonds. The fourth-order valence-corrected chi connectivity index (χ4v) is 6.52. The second-order valence-electron chi connectivity index (χ2n) is 11.5. The van der Waals surface area contributed by atoms with Crippen LogP contribution in [-0.4, -0.2) is 19.9 Å². The molecule has 0 fully saturated rings. The first kappa shape index (κ1) is 26.2. The van der Waals surface area contributed by atoms with Gasteiger partial charge in [-0.05, 0) is 61.3 Å². The molecular formula is C42H26N4. The van der Waals surface area contributed by atoms with Crippen molar-refractivity contribution < 1.29 is 0 Å². The van der Waals surface area contributed by atoms with Gasteiger partial charge in [0.2, 0.25) is 0 Å². The van der Waals surface area contributed by atoms with Crippen LogP contribution in [0.2, 0.25) is 0 Å². The molecule has 0 spiro atoms. The summed E-state index contributed by atoms with van der Waals surface area (Å²) < 4.78 is 0. The third kappa shape index (κ3) is 4.39. The Balaban J connectivity index is 1.23. The van der Waals surface area contributed by atoms with E-state index in [2.05, 4.69) is 91.0 Å². The number of hydrogen-bond donors (Lipinski definition) is 0. The lowest BCUT2D eigenvalue weighted by molar-refractivity contribution is 1.07. The van der Waals surface area contributed by atoms with Gasteiger partial charge in [0, 0.05) is 28.5 Å². The molecule has 9 aromatic rings. The quantitative estimate of drug-likeness (QED) is 0.193. The largest absolute Gasteiger partial charge is 0.255 e. The van der Waals surface area contributed by atoms with Gasteiger partial charge in [-0.15, -0.1) is 0 Å². The molecule has 0 aliphatic rings. The molecule has 214 valence electrons. The number of rotatable bonds is 4. The zero-order valence-electron chi connectivity index (χ0n) is 24.8. The third-order valence-corrected chi connectivity index (χ3v) is 8.74.